The molecule has 31 heteroatoms. The Morgan fingerprint density at radius 2 is 1.06 bits per heavy atom. The third kappa shape index (κ3) is 18.0. The lowest BCUT2D eigenvalue weighted by atomic mass is 10.1. The molecule has 4 aromatic carbocycles. The van der Waals surface area contributed by atoms with Crippen molar-refractivity contribution in [3.05, 3.63) is 138 Å². The highest BCUT2D eigenvalue weighted by Gasteiger charge is 2.32. The number of H-pyrrole nitrogens is 2. The number of nitrogens with zero attached hydrogens (tertiary/aromatic N) is 4. The quantitative estimate of drug-likeness (QED) is 0.0355. The van der Waals surface area contributed by atoms with Crippen LogP contribution in [0.5, 0.6) is 23.0 Å². The second kappa shape index (κ2) is 27.2. The van der Waals surface area contributed by atoms with E-state index in [1.54, 1.807) is 36.4 Å². The lowest BCUT2D eigenvalue weighted by molar-refractivity contribution is -0.138. The molecule has 80 heavy (non-hydrogen) atoms. The number of benzene rings is 4. The van der Waals surface area contributed by atoms with Gasteiger partial charge in [-0.05, 0) is 48.5 Å². The van der Waals surface area contributed by atoms with Gasteiger partial charge in [0.1, 0.15) is 51.9 Å². The second-order valence-electron chi connectivity index (χ2n) is 15.9. The molecule has 4 aromatic heterocycles. The van der Waals surface area contributed by atoms with Crippen LogP contribution in [0.1, 0.15) is 57.3 Å². The number of ether oxygens (including phenoxy) is 4. The van der Waals surface area contributed by atoms with Crippen LogP contribution in [-0.2, 0) is 32.1 Å². The van der Waals surface area contributed by atoms with Crippen LogP contribution in [-0.4, -0.2) is 76.2 Å². The van der Waals surface area contributed by atoms with Crippen molar-refractivity contribution in [2.24, 2.45) is 5.73 Å². The van der Waals surface area contributed by atoms with Crippen molar-refractivity contribution in [1.29, 1.82) is 0 Å². The standard InChI is InChI=1S/C24H20F6N4O4S.C21H14F3N3O5S.C3H6F3N.CH4/c1-36-18-10-15(6-7-16(18)20-33-22(35)38-34-20)37-12-19-17(11-31-9-8-23(25,26)27)32-21(39-19)13-2-4-14(5-3-13)24(28,29)30;1-30-16-8-13(6-7-14(16)18-26-20(29)32-27-18)31-10-17-15(9-28)25-19(33-17)11-2-4-12(5-3-11)21(22,23)24;4-3(5,6)1-2-7;/h2-7,10,31H,8-9,11-12H2,1H3,(H,33,34,35);2-9H,10H2,1H3,(H,26,27,29);1-2,7H2;1H4. The Balaban J connectivity index is 0.000000262. The number of aromatic amines is 2. The first-order chi connectivity index (χ1) is 37.3. The average molecular weight is 1180 g/mol. The van der Waals surface area contributed by atoms with Crippen LogP contribution in [0, 0.1) is 0 Å². The molecule has 8 rings (SSSR count). The highest BCUT2D eigenvalue weighted by Crippen LogP contribution is 2.37. The van der Waals surface area contributed by atoms with Crippen molar-refractivity contribution in [1.82, 2.24) is 35.6 Å². The third-order valence-electron chi connectivity index (χ3n) is 10.3. The zero-order chi connectivity index (χ0) is 57.7. The van der Waals surface area contributed by atoms with Crippen LogP contribution in [0.3, 0.4) is 0 Å². The lowest BCUT2D eigenvalue weighted by Crippen LogP contribution is -2.22. The lowest BCUT2D eigenvalue weighted by Gasteiger charge is -2.11. The highest BCUT2D eigenvalue weighted by atomic mass is 32.1. The molecule has 0 fully saturated rings. The Hall–Kier alpha value is -8.03. The van der Waals surface area contributed by atoms with Gasteiger partial charge in [-0.1, -0.05) is 42.0 Å². The van der Waals surface area contributed by atoms with E-state index in [0.717, 1.165) is 46.9 Å². The Labute approximate surface area is 451 Å². The summed E-state index contributed by atoms with van der Waals surface area (Å²) in [6, 6.07) is 18.5. The third-order valence-corrected chi connectivity index (χ3v) is 12.5. The first-order valence-electron chi connectivity index (χ1n) is 22.3. The van der Waals surface area contributed by atoms with E-state index in [9.17, 15) is 67.1 Å². The van der Waals surface area contributed by atoms with E-state index < -0.39 is 60.2 Å². The smallest absolute Gasteiger partial charge is 0.439 e. The molecule has 5 N–H and O–H groups in total. The minimum atomic E-state index is -4.49. The Kier molecular flexibility index (Phi) is 21.4. The van der Waals surface area contributed by atoms with Gasteiger partial charge in [0, 0.05) is 42.9 Å². The molecule has 0 saturated heterocycles. The van der Waals surface area contributed by atoms with Crippen LogP contribution in [0.15, 0.2) is 104 Å². The predicted molar refractivity (Wildman–Crippen MR) is 266 cm³/mol. The van der Waals surface area contributed by atoms with E-state index in [-0.39, 0.29) is 57.6 Å². The van der Waals surface area contributed by atoms with E-state index >= 15 is 0 Å². The maximum Gasteiger partial charge on any atom is 0.439 e. The summed E-state index contributed by atoms with van der Waals surface area (Å²) in [6.07, 6.45) is -18.7. The van der Waals surface area contributed by atoms with Crippen molar-refractivity contribution in [3.63, 3.8) is 0 Å². The number of thiazole rings is 2. The number of hydrogen-bond donors (Lipinski definition) is 4. The summed E-state index contributed by atoms with van der Waals surface area (Å²) >= 11 is 2.29. The van der Waals surface area contributed by atoms with E-state index in [2.05, 4.69) is 50.3 Å². The largest absolute Gasteiger partial charge is 0.496 e. The van der Waals surface area contributed by atoms with Gasteiger partial charge in [0.25, 0.3) is 0 Å². The van der Waals surface area contributed by atoms with E-state index in [1.807, 2.05) is 0 Å². The molecule has 0 saturated carbocycles. The van der Waals surface area contributed by atoms with Crippen molar-refractivity contribution < 1.29 is 85.5 Å². The molecule has 0 aliphatic carbocycles. The summed E-state index contributed by atoms with van der Waals surface area (Å²) in [5, 5.41) is 10.7. The van der Waals surface area contributed by atoms with Gasteiger partial charge in [0.15, 0.2) is 17.9 Å². The highest BCUT2D eigenvalue weighted by molar-refractivity contribution is 7.15. The summed E-state index contributed by atoms with van der Waals surface area (Å²) in [6.45, 7) is -0.690. The van der Waals surface area contributed by atoms with Crippen LogP contribution in [0.4, 0.5) is 52.7 Å². The molecule has 4 heterocycles. The predicted octanol–water partition coefficient (Wildman–Crippen LogP) is 11.9. The van der Waals surface area contributed by atoms with Crippen LogP contribution in [0.25, 0.3) is 43.9 Å². The van der Waals surface area contributed by atoms with Crippen molar-refractivity contribution in [3.8, 4) is 66.9 Å². The first kappa shape index (κ1) is 62.8. The average Bonchev–Trinajstić information content (AvgIpc) is 4.23. The number of hydrogen-bond acceptors (Lipinski definition) is 17. The molecule has 430 valence electrons. The van der Waals surface area contributed by atoms with Gasteiger partial charge in [0.2, 0.25) is 0 Å². The number of alkyl halides is 12. The minimum Gasteiger partial charge on any atom is -0.496 e. The first-order valence-corrected chi connectivity index (χ1v) is 24.0. The molecule has 8 aromatic rings. The molecule has 0 aliphatic heterocycles. The zero-order valence-corrected chi connectivity index (χ0v) is 42.1. The molecule has 0 atom stereocenters. The van der Waals surface area contributed by atoms with Crippen molar-refractivity contribution in [2.45, 2.75) is 64.7 Å². The fourth-order valence-corrected chi connectivity index (χ4v) is 8.49. The number of carbonyl (C=O) groups is 1. The molecular formula is C49H44F12N8O9S2. The molecule has 0 amide bonds. The fourth-order valence-electron chi connectivity index (χ4n) is 6.55. The normalized spacial score (nSPS) is 11.6. The molecule has 0 radical (unpaired) electrons. The van der Waals surface area contributed by atoms with Gasteiger partial charge in [-0.25, -0.2) is 19.6 Å². The van der Waals surface area contributed by atoms with E-state index in [1.165, 1.54) is 38.5 Å². The van der Waals surface area contributed by atoms with Gasteiger partial charge in [-0.15, -0.1) is 22.7 Å². The van der Waals surface area contributed by atoms with Crippen LogP contribution in [0.2, 0.25) is 0 Å². The number of halogens is 12. The molecule has 0 unspecified atom stereocenters. The van der Waals surface area contributed by atoms with Gasteiger partial charge in [-0.2, -0.15) is 52.7 Å². The molecule has 0 aliphatic rings. The van der Waals surface area contributed by atoms with E-state index in [0.29, 0.717) is 77.0 Å². The number of nitrogens with one attached hydrogen (secondary N) is 3. The van der Waals surface area contributed by atoms with Crippen LogP contribution < -0.4 is 41.5 Å². The number of aromatic nitrogens is 6. The summed E-state index contributed by atoms with van der Waals surface area (Å²) in [4.78, 5) is 48.5. The maximum atomic E-state index is 12.9. The summed E-state index contributed by atoms with van der Waals surface area (Å²) in [5.74, 6) is 0.350. The topological polar surface area (TPSA) is 236 Å². The maximum absolute atomic E-state index is 12.9. The fraction of sp³-hybridized carbons (Fsp3) is 0.286. The SMILES string of the molecule is C.COc1cc(OCc2sc(-c3ccc(C(F)(F)F)cc3)nc2C=O)ccc1-c1noc(=O)[nH]1.COc1cc(OCc2sc(-c3ccc(C(F)(F)F)cc3)nc2CNCCC(F)(F)F)ccc1-c1noc(=O)[nH]1.NCCC(F)(F)F. The summed E-state index contributed by atoms with van der Waals surface area (Å²) < 4.78 is 179. The molecule has 0 bridgehead atoms. The number of nitrogens with two attached hydrogens (primary N) is 1. The summed E-state index contributed by atoms with van der Waals surface area (Å²) in [7, 11) is 2.84. The monoisotopic (exact) mass is 1180 g/mol. The Morgan fingerprint density at radius 3 is 1.44 bits per heavy atom. The number of carbonyl (C=O) groups excluding carboxylic acids is 1. The van der Waals surface area contributed by atoms with Gasteiger partial charge in [-0.3, -0.25) is 23.8 Å². The van der Waals surface area contributed by atoms with E-state index in [4.69, 9.17) is 18.9 Å². The second-order valence-corrected chi connectivity index (χ2v) is 18.0. The molecule has 17 nitrogen and oxygen atoms in total. The van der Waals surface area contributed by atoms with Gasteiger partial charge < -0.3 is 30.0 Å². The Bertz CT molecular complexity index is 3390. The molecule has 0 spiro atoms. The number of rotatable bonds is 18. The minimum absolute atomic E-state index is 0. The zero-order valence-electron chi connectivity index (χ0n) is 40.5. The number of methoxy groups -OCH3 is 2. The van der Waals surface area contributed by atoms with Crippen LogP contribution >= 0.6 is 22.7 Å². The Morgan fingerprint density at radius 1 is 0.625 bits per heavy atom. The van der Waals surface area contributed by atoms with Gasteiger partial charge in [0.05, 0.1) is 64.8 Å². The van der Waals surface area contributed by atoms with Gasteiger partial charge >= 0.3 is 36.2 Å². The molecular weight excluding hydrogens is 1140 g/mol. The van der Waals surface area contributed by atoms with Crippen molar-refractivity contribution >= 4 is 29.0 Å². The summed E-state index contributed by atoms with van der Waals surface area (Å²) in [5.41, 5.74) is 5.34. The van der Waals surface area contributed by atoms with Crippen molar-refractivity contribution in [2.75, 3.05) is 27.3 Å². The number of aldehydes is 1.